The van der Waals surface area contributed by atoms with Crippen molar-refractivity contribution in [3.63, 3.8) is 0 Å². The number of halogens is 2. The Morgan fingerprint density at radius 2 is 1.76 bits per heavy atom. The van der Waals surface area contributed by atoms with Gasteiger partial charge in [0.1, 0.15) is 16.0 Å². The maximum Gasteiger partial charge on any atom is 0.251 e. The van der Waals surface area contributed by atoms with Gasteiger partial charge in [0.25, 0.3) is 5.91 Å². The number of carbonyl (C=O) groups is 1. The first kappa shape index (κ1) is 21.9. The number of hydrogen-bond acceptors (Lipinski definition) is 5. The number of ether oxygens (including phenoxy) is 3. The van der Waals surface area contributed by atoms with Gasteiger partial charge in [0.05, 0.1) is 33.5 Å². The predicted molar refractivity (Wildman–Crippen MR) is 116 cm³/mol. The van der Waals surface area contributed by atoms with E-state index in [0.717, 1.165) is 18.7 Å². The smallest absolute Gasteiger partial charge is 0.251 e. The second-order valence-electron chi connectivity index (χ2n) is 6.62. The predicted octanol–water partition coefficient (Wildman–Crippen LogP) is 3.92. The Bertz CT molecular complexity index is 816. The highest BCUT2D eigenvalue weighted by molar-refractivity contribution is 9.10. The molecule has 29 heavy (non-hydrogen) atoms. The molecule has 8 heteroatoms. The van der Waals surface area contributed by atoms with Crippen LogP contribution in [0, 0.1) is 0 Å². The van der Waals surface area contributed by atoms with Crippen molar-refractivity contribution >= 4 is 33.4 Å². The number of morpholine rings is 1. The highest BCUT2D eigenvalue weighted by Crippen LogP contribution is 2.35. The summed E-state index contributed by atoms with van der Waals surface area (Å²) < 4.78 is 16.8. The second kappa shape index (κ2) is 10.3. The molecule has 1 aliphatic rings. The summed E-state index contributed by atoms with van der Waals surface area (Å²) in [5.41, 5.74) is 1.57. The van der Waals surface area contributed by atoms with Gasteiger partial charge in [-0.15, -0.1) is 0 Å². The fraction of sp³-hybridized carbons (Fsp3) is 0.381. The minimum Gasteiger partial charge on any atom is -0.495 e. The lowest BCUT2D eigenvalue weighted by molar-refractivity contribution is 0.0162. The van der Waals surface area contributed by atoms with Gasteiger partial charge in [0.2, 0.25) is 0 Å². The van der Waals surface area contributed by atoms with E-state index in [-0.39, 0.29) is 11.9 Å². The van der Waals surface area contributed by atoms with E-state index < -0.39 is 0 Å². The Balaban J connectivity index is 1.78. The summed E-state index contributed by atoms with van der Waals surface area (Å²) in [5.74, 6) is 0.884. The first-order valence-corrected chi connectivity index (χ1v) is 10.5. The fourth-order valence-electron chi connectivity index (χ4n) is 3.32. The third-order valence-electron chi connectivity index (χ3n) is 4.91. The van der Waals surface area contributed by atoms with Crippen LogP contribution in [0.25, 0.3) is 0 Å². The van der Waals surface area contributed by atoms with Crippen molar-refractivity contribution in [2.75, 3.05) is 47.1 Å². The Morgan fingerprint density at radius 3 is 2.31 bits per heavy atom. The number of hydrogen-bond donors (Lipinski definition) is 1. The zero-order valence-electron chi connectivity index (χ0n) is 16.4. The van der Waals surface area contributed by atoms with Crippen LogP contribution < -0.4 is 14.8 Å². The first-order valence-electron chi connectivity index (χ1n) is 9.30. The van der Waals surface area contributed by atoms with Gasteiger partial charge in [-0.2, -0.15) is 0 Å². The zero-order valence-corrected chi connectivity index (χ0v) is 18.8. The molecule has 1 unspecified atom stereocenters. The molecular weight excluding hydrogens is 460 g/mol. The number of methoxy groups -OCH3 is 2. The van der Waals surface area contributed by atoms with Crippen molar-refractivity contribution in [2.45, 2.75) is 6.04 Å². The molecule has 2 aromatic carbocycles. The van der Waals surface area contributed by atoms with E-state index in [1.54, 1.807) is 26.4 Å². The quantitative estimate of drug-likeness (QED) is 0.647. The SMILES string of the molecule is COc1cc(C(=O)NCC(c2ccc(Cl)cc2)N2CCOCC2)cc(OC)c1Br. The minimum atomic E-state index is -0.193. The van der Waals surface area contributed by atoms with Crippen LogP contribution in [0.5, 0.6) is 11.5 Å². The van der Waals surface area contributed by atoms with Crippen LogP contribution in [-0.4, -0.2) is 57.9 Å². The first-order chi connectivity index (χ1) is 14.0. The molecule has 0 radical (unpaired) electrons. The number of nitrogens with one attached hydrogen (secondary N) is 1. The lowest BCUT2D eigenvalue weighted by Gasteiger charge is -2.35. The van der Waals surface area contributed by atoms with Crippen molar-refractivity contribution in [3.05, 3.63) is 57.0 Å². The van der Waals surface area contributed by atoms with Crippen molar-refractivity contribution < 1.29 is 19.0 Å². The molecule has 0 aromatic heterocycles. The van der Waals surface area contributed by atoms with Crippen LogP contribution in [-0.2, 0) is 4.74 Å². The van der Waals surface area contributed by atoms with Crippen molar-refractivity contribution in [2.24, 2.45) is 0 Å². The largest absolute Gasteiger partial charge is 0.495 e. The van der Waals surface area contributed by atoms with E-state index in [2.05, 4.69) is 26.1 Å². The summed E-state index contributed by atoms with van der Waals surface area (Å²) in [6.45, 7) is 3.44. The third kappa shape index (κ3) is 5.42. The molecule has 2 aromatic rings. The lowest BCUT2D eigenvalue weighted by Crippen LogP contribution is -2.43. The molecule has 1 amide bonds. The molecule has 1 atom stereocenters. The van der Waals surface area contributed by atoms with Crippen molar-refractivity contribution in [1.82, 2.24) is 10.2 Å². The van der Waals surface area contributed by atoms with Gasteiger partial charge in [0.15, 0.2) is 0 Å². The minimum absolute atomic E-state index is 0.0272. The molecule has 0 bridgehead atoms. The van der Waals surface area contributed by atoms with Crippen LogP contribution in [0.15, 0.2) is 40.9 Å². The number of benzene rings is 2. The van der Waals surface area contributed by atoms with Crippen LogP contribution in [0.1, 0.15) is 22.0 Å². The van der Waals surface area contributed by atoms with Gasteiger partial charge in [-0.25, -0.2) is 0 Å². The number of carbonyl (C=O) groups excluding carboxylic acids is 1. The van der Waals surface area contributed by atoms with Gasteiger partial charge in [-0.3, -0.25) is 9.69 Å². The van der Waals surface area contributed by atoms with E-state index in [1.807, 2.05) is 24.3 Å². The van der Waals surface area contributed by atoms with E-state index in [4.69, 9.17) is 25.8 Å². The Labute approximate surface area is 184 Å². The summed E-state index contributed by atoms with van der Waals surface area (Å²) in [7, 11) is 3.10. The number of rotatable bonds is 7. The third-order valence-corrected chi connectivity index (χ3v) is 5.94. The van der Waals surface area contributed by atoms with Crippen LogP contribution in [0.2, 0.25) is 5.02 Å². The molecule has 1 aliphatic heterocycles. The van der Waals surface area contributed by atoms with Crippen molar-refractivity contribution in [3.8, 4) is 11.5 Å². The summed E-state index contributed by atoms with van der Waals surface area (Å²) in [6.07, 6.45) is 0. The van der Waals surface area contributed by atoms with E-state index in [0.29, 0.717) is 46.3 Å². The summed E-state index contributed by atoms with van der Waals surface area (Å²) in [5, 5.41) is 3.74. The fourth-order valence-corrected chi connectivity index (χ4v) is 4.00. The Kier molecular flexibility index (Phi) is 7.77. The average molecular weight is 484 g/mol. The number of nitrogens with zero attached hydrogens (tertiary/aromatic N) is 1. The molecule has 0 aliphatic carbocycles. The maximum absolute atomic E-state index is 12.9. The standard InChI is InChI=1S/C21H24BrClN2O4/c1-27-18-11-15(12-19(28-2)20(18)22)21(26)24-13-17(25-7-9-29-10-8-25)14-3-5-16(23)6-4-14/h3-6,11-12,17H,7-10,13H2,1-2H3,(H,24,26). The average Bonchev–Trinajstić information content (AvgIpc) is 2.75. The summed E-state index contributed by atoms with van der Waals surface area (Å²) >= 11 is 9.47. The number of amides is 1. The maximum atomic E-state index is 12.9. The van der Waals surface area contributed by atoms with Gasteiger partial charge in [0, 0.05) is 30.2 Å². The molecular formula is C21H24BrClN2O4. The summed E-state index contributed by atoms with van der Waals surface area (Å²) in [6, 6.07) is 11.1. The molecule has 1 N–H and O–H groups in total. The normalized spacial score (nSPS) is 15.6. The highest BCUT2D eigenvalue weighted by atomic mass is 79.9. The molecule has 1 heterocycles. The lowest BCUT2D eigenvalue weighted by atomic mass is 10.0. The van der Waals surface area contributed by atoms with Crippen LogP contribution >= 0.6 is 27.5 Å². The second-order valence-corrected chi connectivity index (χ2v) is 7.85. The molecule has 6 nitrogen and oxygen atoms in total. The van der Waals surface area contributed by atoms with Gasteiger partial charge >= 0.3 is 0 Å². The molecule has 0 spiro atoms. The van der Waals surface area contributed by atoms with E-state index in [9.17, 15) is 4.79 Å². The van der Waals surface area contributed by atoms with Crippen LogP contribution in [0.4, 0.5) is 0 Å². The molecule has 156 valence electrons. The Hall–Kier alpha value is -1.80. The van der Waals surface area contributed by atoms with Gasteiger partial charge in [-0.05, 0) is 45.8 Å². The summed E-state index contributed by atoms with van der Waals surface area (Å²) in [4.78, 5) is 15.2. The van der Waals surface area contributed by atoms with E-state index in [1.165, 1.54) is 0 Å². The highest BCUT2D eigenvalue weighted by Gasteiger charge is 2.24. The monoisotopic (exact) mass is 482 g/mol. The molecule has 0 saturated carbocycles. The van der Waals surface area contributed by atoms with Crippen molar-refractivity contribution in [1.29, 1.82) is 0 Å². The Morgan fingerprint density at radius 1 is 1.17 bits per heavy atom. The topological polar surface area (TPSA) is 60.0 Å². The zero-order chi connectivity index (χ0) is 20.8. The van der Waals surface area contributed by atoms with Crippen LogP contribution in [0.3, 0.4) is 0 Å². The molecule has 1 fully saturated rings. The van der Waals surface area contributed by atoms with Gasteiger partial charge in [-0.1, -0.05) is 23.7 Å². The molecule has 1 saturated heterocycles. The molecule has 3 rings (SSSR count). The van der Waals surface area contributed by atoms with E-state index >= 15 is 0 Å². The van der Waals surface area contributed by atoms with Gasteiger partial charge < -0.3 is 19.5 Å².